The first-order chi connectivity index (χ1) is 7.00. The van der Waals surface area contributed by atoms with Gasteiger partial charge in [0.15, 0.2) is 0 Å². The van der Waals surface area contributed by atoms with Crippen LogP contribution < -0.4 is 11.1 Å². The van der Waals surface area contributed by atoms with E-state index in [1.54, 1.807) is 0 Å². The molecule has 80 valence electrons. The molecule has 0 atom stereocenters. The minimum atomic E-state index is -1.09. The summed E-state index contributed by atoms with van der Waals surface area (Å²) in [6.07, 6.45) is 0. The van der Waals surface area contributed by atoms with Crippen LogP contribution in [0.4, 0.5) is 0 Å². The fourth-order valence-electron chi connectivity index (χ4n) is 0.829. The van der Waals surface area contributed by atoms with Crippen LogP contribution in [-0.2, 0) is 4.79 Å². The average molecular weight is 228 g/mol. The largest absolute Gasteiger partial charge is 0.477 e. The van der Waals surface area contributed by atoms with E-state index in [2.05, 4.69) is 5.32 Å². The van der Waals surface area contributed by atoms with Crippen LogP contribution >= 0.6 is 11.3 Å². The van der Waals surface area contributed by atoms with Gasteiger partial charge in [-0.1, -0.05) is 0 Å². The summed E-state index contributed by atoms with van der Waals surface area (Å²) in [4.78, 5) is 32.5. The average Bonchev–Trinajstić information content (AvgIpc) is 2.62. The smallest absolute Gasteiger partial charge is 0.345 e. The van der Waals surface area contributed by atoms with Gasteiger partial charge in [0.25, 0.3) is 5.91 Å². The molecule has 1 rings (SSSR count). The summed E-state index contributed by atoms with van der Waals surface area (Å²) in [5, 5.41) is 10.9. The second kappa shape index (κ2) is 4.56. The summed E-state index contributed by atoms with van der Waals surface area (Å²) in [7, 11) is 0. The van der Waals surface area contributed by atoms with E-state index in [0.717, 1.165) is 11.3 Å². The SMILES string of the molecule is NC(=O)CNC(=O)c1ccc(C(=O)O)s1. The Bertz CT molecular complexity index is 413. The van der Waals surface area contributed by atoms with Crippen molar-refractivity contribution in [3.05, 3.63) is 21.9 Å². The molecule has 1 heterocycles. The second-order valence-corrected chi connectivity index (χ2v) is 3.70. The van der Waals surface area contributed by atoms with Gasteiger partial charge in [-0.25, -0.2) is 4.79 Å². The summed E-state index contributed by atoms with van der Waals surface area (Å²) < 4.78 is 0. The summed E-state index contributed by atoms with van der Waals surface area (Å²) in [5.41, 5.74) is 4.83. The van der Waals surface area contributed by atoms with E-state index in [1.165, 1.54) is 12.1 Å². The molecule has 1 aromatic rings. The highest BCUT2D eigenvalue weighted by atomic mass is 32.1. The van der Waals surface area contributed by atoms with E-state index in [1.807, 2.05) is 0 Å². The van der Waals surface area contributed by atoms with Crippen LogP contribution in [0.1, 0.15) is 19.3 Å². The monoisotopic (exact) mass is 228 g/mol. The Morgan fingerprint density at radius 1 is 1.33 bits per heavy atom. The van der Waals surface area contributed by atoms with Crippen LogP contribution in [-0.4, -0.2) is 29.4 Å². The number of carboxylic acids is 1. The molecular weight excluding hydrogens is 220 g/mol. The fraction of sp³-hybridized carbons (Fsp3) is 0.125. The maximum absolute atomic E-state index is 11.3. The molecule has 0 spiro atoms. The van der Waals surface area contributed by atoms with Gasteiger partial charge in [0.2, 0.25) is 5.91 Å². The third-order valence-corrected chi connectivity index (χ3v) is 2.54. The molecule has 0 aromatic carbocycles. The quantitative estimate of drug-likeness (QED) is 0.654. The van der Waals surface area contributed by atoms with Gasteiger partial charge < -0.3 is 16.2 Å². The van der Waals surface area contributed by atoms with Gasteiger partial charge >= 0.3 is 5.97 Å². The van der Waals surface area contributed by atoms with Crippen molar-refractivity contribution in [2.75, 3.05) is 6.54 Å². The summed E-state index contributed by atoms with van der Waals surface area (Å²) in [5.74, 6) is -2.25. The van der Waals surface area contributed by atoms with E-state index >= 15 is 0 Å². The number of nitrogens with two attached hydrogens (primary N) is 1. The van der Waals surface area contributed by atoms with Crippen molar-refractivity contribution >= 4 is 29.1 Å². The minimum Gasteiger partial charge on any atom is -0.477 e. The molecular formula is C8H8N2O4S. The normalized spacial score (nSPS) is 9.60. The zero-order valence-electron chi connectivity index (χ0n) is 7.52. The Hall–Kier alpha value is -1.89. The first-order valence-electron chi connectivity index (χ1n) is 3.90. The third-order valence-electron chi connectivity index (χ3n) is 1.46. The highest BCUT2D eigenvalue weighted by Gasteiger charge is 2.12. The Kier molecular flexibility index (Phi) is 3.40. The van der Waals surface area contributed by atoms with Gasteiger partial charge in [-0.15, -0.1) is 11.3 Å². The topological polar surface area (TPSA) is 109 Å². The van der Waals surface area contributed by atoms with E-state index < -0.39 is 17.8 Å². The molecule has 0 saturated heterocycles. The molecule has 1 aromatic heterocycles. The summed E-state index contributed by atoms with van der Waals surface area (Å²) >= 11 is 0.837. The molecule has 0 saturated carbocycles. The molecule has 7 heteroatoms. The number of rotatable bonds is 4. The first-order valence-corrected chi connectivity index (χ1v) is 4.72. The number of amides is 2. The standard InChI is InChI=1S/C8H8N2O4S/c9-6(11)3-10-7(12)4-1-2-5(15-4)8(13)14/h1-2H,3H2,(H2,9,11)(H,10,12)(H,13,14). The predicted octanol–water partition coefficient (Wildman–Crippen LogP) is -0.339. The Morgan fingerprint density at radius 3 is 2.40 bits per heavy atom. The van der Waals surface area contributed by atoms with Gasteiger partial charge in [0, 0.05) is 0 Å². The van der Waals surface area contributed by atoms with Gasteiger partial charge in [-0.05, 0) is 12.1 Å². The van der Waals surface area contributed by atoms with Crippen LogP contribution in [0.2, 0.25) is 0 Å². The van der Waals surface area contributed by atoms with Crippen molar-refractivity contribution in [2.45, 2.75) is 0 Å². The van der Waals surface area contributed by atoms with Crippen molar-refractivity contribution < 1.29 is 19.5 Å². The fourth-order valence-corrected chi connectivity index (χ4v) is 1.59. The number of carboxylic acid groups (broad SMARTS) is 1. The van der Waals surface area contributed by atoms with Crippen LogP contribution in [0.25, 0.3) is 0 Å². The first kappa shape index (κ1) is 11.2. The number of primary amides is 1. The molecule has 15 heavy (non-hydrogen) atoms. The lowest BCUT2D eigenvalue weighted by atomic mass is 10.4. The number of hydrogen-bond donors (Lipinski definition) is 3. The maximum atomic E-state index is 11.3. The van der Waals surface area contributed by atoms with Crippen molar-refractivity contribution in [3.63, 3.8) is 0 Å². The Balaban J connectivity index is 2.66. The molecule has 0 aliphatic carbocycles. The van der Waals surface area contributed by atoms with Crippen molar-refractivity contribution in [1.82, 2.24) is 5.32 Å². The number of carbonyl (C=O) groups is 3. The molecule has 0 aliphatic rings. The van der Waals surface area contributed by atoms with Gasteiger partial charge in [-0.3, -0.25) is 9.59 Å². The van der Waals surface area contributed by atoms with E-state index in [-0.39, 0.29) is 16.3 Å². The van der Waals surface area contributed by atoms with Crippen molar-refractivity contribution in [1.29, 1.82) is 0 Å². The van der Waals surface area contributed by atoms with Crippen molar-refractivity contribution in [2.24, 2.45) is 5.73 Å². The van der Waals surface area contributed by atoms with Crippen LogP contribution in [0.5, 0.6) is 0 Å². The molecule has 4 N–H and O–H groups in total. The Morgan fingerprint density at radius 2 is 1.93 bits per heavy atom. The minimum absolute atomic E-state index is 0.0687. The number of carbonyl (C=O) groups excluding carboxylic acids is 2. The second-order valence-electron chi connectivity index (χ2n) is 2.62. The lowest BCUT2D eigenvalue weighted by Crippen LogP contribution is -2.32. The number of thiophene rings is 1. The predicted molar refractivity (Wildman–Crippen MR) is 52.8 cm³/mol. The van der Waals surface area contributed by atoms with E-state index in [0.29, 0.717) is 0 Å². The van der Waals surface area contributed by atoms with Gasteiger partial charge in [0.1, 0.15) is 4.88 Å². The zero-order valence-corrected chi connectivity index (χ0v) is 8.34. The highest BCUT2D eigenvalue weighted by Crippen LogP contribution is 2.15. The molecule has 0 fully saturated rings. The summed E-state index contributed by atoms with van der Waals surface area (Å²) in [6.45, 7) is -0.265. The Labute approximate surface area is 88.7 Å². The summed E-state index contributed by atoms with van der Waals surface area (Å²) in [6, 6.07) is 2.70. The molecule has 2 amide bonds. The molecule has 0 aliphatic heterocycles. The zero-order chi connectivity index (χ0) is 11.4. The highest BCUT2D eigenvalue weighted by molar-refractivity contribution is 7.15. The molecule has 6 nitrogen and oxygen atoms in total. The molecule has 0 unspecified atom stereocenters. The van der Waals surface area contributed by atoms with Crippen molar-refractivity contribution in [3.8, 4) is 0 Å². The number of nitrogens with one attached hydrogen (secondary N) is 1. The van der Waals surface area contributed by atoms with Gasteiger partial charge in [0.05, 0.1) is 11.4 Å². The van der Waals surface area contributed by atoms with Crippen LogP contribution in [0.15, 0.2) is 12.1 Å². The number of aromatic carboxylic acids is 1. The lowest BCUT2D eigenvalue weighted by molar-refractivity contribution is -0.117. The van der Waals surface area contributed by atoms with Crippen LogP contribution in [0, 0.1) is 0 Å². The van der Waals surface area contributed by atoms with Gasteiger partial charge in [-0.2, -0.15) is 0 Å². The van der Waals surface area contributed by atoms with Crippen LogP contribution in [0.3, 0.4) is 0 Å². The molecule has 0 radical (unpaired) electrons. The lowest BCUT2D eigenvalue weighted by Gasteiger charge is -1.98. The molecule has 0 bridgehead atoms. The van der Waals surface area contributed by atoms with E-state index in [4.69, 9.17) is 10.8 Å². The maximum Gasteiger partial charge on any atom is 0.345 e. The van der Waals surface area contributed by atoms with E-state index in [9.17, 15) is 14.4 Å². The third kappa shape index (κ3) is 3.06. The number of hydrogen-bond acceptors (Lipinski definition) is 4.